The molecule has 0 unspecified atom stereocenters. The standard InChI is InChI=1S/C25H28N6O3.C22H23N5S/c1-17-18(2)27-22-6-5-19(14-21(17)22)28-23-15-24(31-8-10-32-11-9-31)30-25(29-23)34-13-12-33-20-4-3-7-26-16-20;1-17-6-5-7-18(14-17)16-23-26-20-15-21(27-10-12-28-13-11-27)25-22(24-20)19-8-3-2-4-9-19/h3-7,14-16,27H,8-13H2,1-2H3,(H,28,29,30);2-9,14-16H,10-13H2,1H3,(H,24,25,26)/b;23-16+. The summed E-state index contributed by atoms with van der Waals surface area (Å²) in [6.07, 6.45) is 5.19. The summed E-state index contributed by atoms with van der Waals surface area (Å²) in [6.45, 7) is 11.9. The van der Waals surface area contributed by atoms with Crippen molar-refractivity contribution in [1.29, 1.82) is 0 Å². The van der Waals surface area contributed by atoms with E-state index in [1.54, 1.807) is 12.4 Å². The Morgan fingerprint density at radius 2 is 1.56 bits per heavy atom. The average Bonchev–Trinajstić information content (AvgIpc) is 3.60. The Labute approximate surface area is 366 Å². The molecule has 2 aliphatic rings. The topological polar surface area (TPSA) is 151 Å². The van der Waals surface area contributed by atoms with Crippen molar-refractivity contribution in [2.75, 3.05) is 84.7 Å². The first-order valence-electron chi connectivity index (χ1n) is 20.8. The van der Waals surface area contributed by atoms with Crippen LogP contribution in [0.3, 0.4) is 0 Å². The molecule has 0 bridgehead atoms. The Kier molecular flexibility index (Phi) is 14.0. The van der Waals surface area contributed by atoms with Crippen LogP contribution in [0.25, 0.3) is 22.3 Å². The van der Waals surface area contributed by atoms with Gasteiger partial charge in [-0.25, -0.2) is 9.97 Å². The number of fused-ring (bicyclic) bond motifs is 1. The van der Waals surface area contributed by atoms with Crippen LogP contribution in [0.1, 0.15) is 22.4 Å². The number of hydrazone groups is 1. The fourth-order valence-corrected chi connectivity index (χ4v) is 7.90. The quantitative estimate of drug-likeness (QED) is 0.0579. The predicted octanol–water partition coefficient (Wildman–Crippen LogP) is 8.46. The van der Waals surface area contributed by atoms with Crippen molar-refractivity contribution in [3.8, 4) is 23.1 Å². The molecule has 7 aromatic rings. The predicted molar refractivity (Wildman–Crippen MR) is 251 cm³/mol. The van der Waals surface area contributed by atoms with E-state index in [2.05, 4.69) is 95.6 Å². The lowest BCUT2D eigenvalue weighted by Gasteiger charge is -2.28. The minimum Gasteiger partial charge on any atom is -0.488 e. The number of nitrogens with zero attached hydrogens (tertiary/aromatic N) is 8. The van der Waals surface area contributed by atoms with Gasteiger partial charge in [0.15, 0.2) is 11.6 Å². The van der Waals surface area contributed by atoms with E-state index >= 15 is 0 Å². The molecule has 0 amide bonds. The second kappa shape index (κ2) is 20.7. The monoisotopic (exact) mass is 849 g/mol. The Balaban J connectivity index is 0.000000174. The van der Waals surface area contributed by atoms with Crippen LogP contribution >= 0.6 is 11.8 Å². The van der Waals surface area contributed by atoms with Gasteiger partial charge in [-0.2, -0.15) is 26.8 Å². The van der Waals surface area contributed by atoms with E-state index in [4.69, 9.17) is 19.2 Å². The molecule has 4 aromatic heterocycles. The lowest BCUT2D eigenvalue weighted by atomic mass is 10.1. The van der Waals surface area contributed by atoms with E-state index in [0.717, 1.165) is 71.7 Å². The summed E-state index contributed by atoms with van der Waals surface area (Å²) < 4.78 is 17.0. The van der Waals surface area contributed by atoms with Gasteiger partial charge in [0.05, 0.1) is 25.6 Å². The first-order valence-corrected chi connectivity index (χ1v) is 22.0. The van der Waals surface area contributed by atoms with Crippen molar-refractivity contribution in [2.24, 2.45) is 5.10 Å². The van der Waals surface area contributed by atoms with Crippen LogP contribution in [0, 0.1) is 20.8 Å². The first kappa shape index (κ1) is 42.0. The number of benzene rings is 3. The summed E-state index contributed by atoms with van der Waals surface area (Å²) in [5.74, 6) is 6.78. The van der Waals surface area contributed by atoms with E-state index < -0.39 is 0 Å². The fourth-order valence-electron chi connectivity index (χ4n) is 6.99. The SMILES string of the molecule is Cc1[nH]c2ccc(Nc3cc(N4CCOCC4)nc(OCCOc4cccnc4)n3)cc2c1C.Cc1cccc(/C=N/Nc2cc(N3CCSCC3)nc(-c3ccccc3)n2)c1. The van der Waals surface area contributed by atoms with Crippen LogP contribution in [0.15, 0.2) is 115 Å². The normalized spacial score (nSPS) is 14.0. The van der Waals surface area contributed by atoms with Crippen molar-refractivity contribution in [3.05, 3.63) is 132 Å². The number of thioether (sulfide) groups is 1. The van der Waals surface area contributed by atoms with Crippen LogP contribution in [0.4, 0.5) is 29.0 Å². The van der Waals surface area contributed by atoms with Gasteiger partial charge in [0, 0.05) is 83.9 Å². The van der Waals surface area contributed by atoms with Gasteiger partial charge in [0.2, 0.25) is 0 Å². The highest BCUT2D eigenvalue weighted by Crippen LogP contribution is 2.29. The second-order valence-corrected chi connectivity index (χ2v) is 16.0. The molecule has 6 heterocycles. The van der Waals surface area contributed by atoms with E-state index in [-0.39, 0.29) is 0 Å². The van der Waals surface area contributed by atoms with Crippen LogP contribution in [-0.2, 0) is 4.74 Å². The number of pyridine rings is 1. The lowest BCUT2D eigenvalue weighted by Crippen LogP contribution is -2.36. The zero-order chi connectivity index (χ0) is 42.5. The van der Waals surface area contributed by atoms with E-state index in [1.807, 2.05) is 90.8 Å². The number of H-pyrrole nitrogens is 1. The summed E-state index contributed by atoms with van der Waals surface area (Å²) >= 11 is 1.99. The molecule has 0 atom stereocenters. The Morgan fingerprint density at radius 1 is 0.774 bits per heavy atom. The fraction of sp³-hybridized carbons (Fsp3) is 0.277. The first-order chi connectivity index (χ1) is 30.4. The van der Waals surface area contributed by atoms with Gasteiger partial charge in [-0.05, 0) is 62.2 Å². The van der Waals surface area contributed by atoms with Crippen LogP contribution < -0.4 is 30.0 Å². The second-order valence-electron chi connectivity index (χ2n) is 14.8. The molecule has 15 heteroatoms. The average molecular weight is 850 g/mol. The number of aryl methyl sites for hydroxylation is 3. The number of ether oxygens (including phenoxy) is 3. The minimum absolute atomic E-state index is 0.302. The third kappa shape index (κ3) is 11.4. The summed E-state index contributed by atoms with van der Waals surface area (Å²) in [5.41, 5.74) is 10.8. The van der Waals surface area contributed by atoms with Gasteiger partial charge < -0.3 is 34.3 Å². The summed E-state index contributed by atoms with van der Waals surface area (Å²) in [7, 11) is 0. The Morgan fingerprint density at radius 3 is 2.37 bits per heavy atom. The molecule has 3 N–H and O–H groups in total. The number of hydrogen-bond acceptors (Lipinski definition) is 14. The Hall–Kier alpha value is -6.71. The van der Waals surface area contributed by atoms with Crippen molar-refractivity contribution in [3.63, 3.8) is 0 Å². The summed E-state index contributed by atoms with van der Waals surface area (Å²) in [5, 5.41) is 9.00. The maximum absolute atomic E-state index is 5.86. The number of anilines is 5. The number of hydrogen-bond donors (Lipinski definition) is 3. The van der Waals surface area contributed by atoms with Gasteiger partial charge >= 0.3 is 6.01 Å². The molecule has 3 aromatic carbocycles. The molecule has 2 aliphatic heterocycles. The van der Waals surface area contributed by atoms with E-state index in [1.165, 1.54) is 22.2 Å². The molecule has 9 rings (SSSR count). The third-order valence-corrected chi connectivity index (χ3v) is 11.3. The molecular formula is C47H51N11O3S. The molecule has 14 nitrogen and oxygen atoms in total. The third-order valence-electron chi connectivity index (χ3n) is 10.3. The minimum atomic E-state index is 0.302. The van der Waals surface area contributed by atoms with E-state index in [0.29, 0.717) is 55.6 Å². The zero-order valence-corrected chi connectivity index (χ0v) is 36.1. The largest absolute Gasteiger partial charge is 0.488 e. The molecule has 2 saturated heterocycles. The lowest BCUT2D eigenvalue weighted by molar-refractivity contribution is 0.122. The highest BCUT2D eigenvalue weighted by molar-refractivity contribution is 7.99. The molecule has 0 spiro atoms. The maximum atomic E-state index is 5.86. The molecular weight excluding hydrogens is 799 g/mol. The highest BCUT2D eigenvalue weighted by Gasteiger charge is 2.18. The molecule has 0 radical (unpaired) electrons. The molecule has 62 heavy (non-hydrogen) atoms. The van der Waals surface area contributed by atoms with Gasteiger partial charge in [-0.15, -0.1) is 0 Å². The highest BCUT2D eigenvalue weighted by atomic mass is 32.2. The summed E-state index contributed by atoms with van der Waals surface area (Å²) in [4.78, 5) is 30.7. The number of aromatic nitrogens is 6. The van der Waals surface area contributed by atoms with Crippen LogP contribution in [0.5, 0.6) is 11.8 Å². The Bertz CT molecular complexity index is 2560. The molecule has 0 aliphatic carbocycles. The maximum Gasteiger partial charge on any atom is 0.320 e. The molecule has 0 saturated carbocycles. The van der Waals surface area contributed by atoms with Crippen LogP contribution in [-0.4, -0.2) is 100 Å². The smallest absolute Gasteiger partial charge is 0.320 e. The van der Waals surface area contributed by atoms with Gasteiger partial charge in [0.25, 0.3) is 0 Å². The molecule has 2 fully saturated rings. The number of aromatic amines is 1. The number of morpholine rings is 1. The zero-order valence-electron chi connectivity index (χ0n) is 35.3. The number of nitrogens with one attached hydrogen (secondary N) is 3. The summed E-state index contributed by atoms with van der Waals surface area (Å²) in [6, 6.07) is 32.5. The van der Waals surface area contributed by atoms with Crippen LogP contribution in [0.2, 0.25) is 0 Å². The van der Waals surface area contributed by atoms with Crippen molar-refractivity contribution in [2.45, 2.75) is 20.8 Å². The van der Waals surface area contributed by atoms with Gasteiger partial charge in [-0.3, -0.25) is 10.4 Å². The van der Waals surface area contributed by atoms with Gasteiger partial charge in [0.1, 0.15) is 36.4 Å². The van der Waals surface area contributed by atoms with Crippen molar-refractivity contribution < 1.29 is 14.2 Å². The van der Waals surface area contributed by atoms with Crippen molar-refractivity contribution >= 4 is 57.8 Å². The van der Waals surface area contributed by atoms with E-state index in [9.17, 15) is 0 Å². The number of rotatable bonds is 13. The van der Waals surface area contributed by atoms with Crippen molar-refractivity contribution in [1.82, 2.24) is 29.9 Å². The molecule has 318 valence electrons. The van der Waals surface area contributed by atoms with Gasteiger partial charge in [-0.1, -0.05) is 60.2 Å².